The number of hydrogen-bond acceptors (Lipinski definition) is 9. The highest BCUT2D eigenvalue weighted by molar-refractivity contribution is 5.81. The van der Waals surface area contributed by atoms with E-state index in [9.17, 15) is 25.2 Å². The van der Waals surface area contributed by atoms with E-state index in [0.29, 0.717) is 17.9 Å². The van der Waals surface area contributed by atoms with Crippen LogP contribution < -0.4 is 5.32 Å². The van der Waals surface area contributed by atoms with Gasteiger partial charge in [-0.05, 0) is 43.7 Å². The smallest absolute Gasteiger partial charge is 0.159 e. The number of likely N-dealkylation sites (tertiary alicyclic amines) is 1. The second kappa shape index (κ2) is 12.0. The van der Waals surface area contributed by atoms with Crippen LogP contribution in [0, 0.1) is 0 Å². The molecule has 9 heteroatoms. The van der Waals surface area contributed by atoms with Gasteiger partial charge in [0.05, 0.1) is 18.8 Å². The quantitative estimate of drug-likeness (QED) is 0.250. The lowest BCUT2D eigenvalue weighted by atomic mass is 9.94. The molecule has 2 aromatic rings. The second-order valence-corrected chi connectivity index (χ2v) is 8.17. The summed E-state index contributed by atoms with van der Waals surface area (Å²) in [4.78, 5) is 21.6. The fraction of sp³-hybridized carbons (Fsp3) is 0.522. The van der Waals surface area contributed by atoms with E-state index in [4.69, 9.17) is 0 Å². The van der Waals surface area contributed by atoms with Crippen molar-refractivity contribution in [3.8, 4) is 11.4 Å². The largest absolute Gasteiger partial charge is 0.395 e. The van der Waals surface area contributed by atoms with E-state index in [0.717, 1.165) is 49.8 Å². The third kappa shape index (κ3) is 6.30. The van der Waals surface area contributed by atoms with Crippen LogP contribution in [0.25, 0.3) is 11.4 Å². The number of carbonyl (C=O) groups is 1. The molecule has 0 saturated carbocycles. The van der Waals surface area contributed by atoms with Crippen molar-refractivity contribution in [2.24, 2.45) is 0 Å². The Hall–Kier alpha value is -2.43. The van der Waals surface area contributed by atoms with Gasteiger partial charge in [-0.3, -0.25) is 9.69 Å². The minimum atomic E-state index is -1.22. The number of piperidine rings is 1. The van der Waals surface area contributed by atoms with Gasteiger partial charge in [-0.2, -0.15) is 0 Å². The molecule has 32 heavy (non-hydrogen) atoms. The summed E-state index contributed by atoms with van der Waals surface area (Å²) >= 11 is 0. The molecule has 3 rings (SSSR count). The Morgan fingerprint density at radius 2 is 1.78 bits per heavy atom. The summed E-state index contributed by atoms with van der Waals surface area (Å²) in [5, 5.41) is 42.5. The zero-order valence-corrected chi connectivity index (χ0v) is 18.0. The van der Waals surface area contributed by atoms with Crippen LogP contribution in [0.2, 0.25) is 0 Å². The molecule has 0 unspecified atom stereocenters. The molecule has 1 aromatic heterocycles. The standard InChI is InChI=1S/C23H32N4O5/c28-14-16-10-17(23-25-7-5-8-26-23)12-18(11-16)24-6-3-1-2-4-9-27-13-20(30)22(32)21(31)19(27)15-29/h5,7-8,10-12,14,19-22,24,29-32H,1-4,6,9,13,15H2/t19-,20+,21-,22-/m1/s1. The minimum Gasteiger partial charge on any atom is -0.395 e. The van der Waals surface area contributed by atoms with Crippen LogP contribution in [0.5, 0.6) is 0 Å². The molecule has 9 nitrogen and oxygen atoms in total. The fourth-order valence-corrected chi connectivity index (χ4v) is 4.06. The van der Waals surface area contributed by atoms with E-state index in [1.165, 1.54) is 0 Å². The van der Waals surface area contributed by atoms with Gasteiger partial charge in [-0.25, -0.2) is 9.97 Å². The molecule has 174 valence electrons. The van der Waals surface area contributed by atoms with Crippen LogP contribution in [0.1, 0.15) is 36.0 Å². The summed E-state index contributed by atoms with van der Waals surface area (Å²) in [6.45, 7) is 1.38. The van der Waals surface area contributed by atoms with E-state index < -0.39 is 24.4 Å². The molecule has 1 aliphatic heterocycles. The molecule has 0 aliphatic carbocycles. The number of aliphatic hydroxyl groups is 4. The van der Waals surface area contributed by atoms with Gasteiger partial charge in [-0.1, -0.05) is 12.8 Å². The number of aromatic nitrogens is 2. The van der Waals surface area contributed by atoms with Crippen LogP contribution in [-0.4, -0.2) is 92.2 Å². The molecule has 0 bridgehead atoms. The van der Waals surface area contributed by atoms with Crippen molar-refractivity contribution in [2.75, 3.05) is 31.6 Å². The lowest BCUT2D eigenvalue weighted by molar-refractivity contribution is -0.145. The van der Waals surface area contributed by atoms with Gasteiger partial charge in [0.25, 0.3) is 0 Å². The molecule has 4 atom stereocenters. The predicted octanol–water partition coefficient (Wildman–Crippen LogP) is 0.688. The molecule has 5 N–H and O–H groups in total. The van der Waals surface area contributed by atoms with Gasteiger partial charge in [0.15, 0.2) is 5.82 Å². The Labute approximate surface area is 187 Å². The Kier molecular flexibility index (Phi) is 9.07. The van der Waals surface area contributed by atoms with Crippen LogP contribution in [0.15, 0.2) is 36.7 Å². The van der Waals surface area contributed by atoms with E-state index in [1.807, 2.05) is 11.0 Å². The van der Waals surface area contributed by atoms with Gasteiger partial charge in [0, 0.05) is 42.3 Å². The molecule has 1 fully saturated rings. The molecule has 0 spiro atoms. The summed E-state index contributed by atoms with van der Waals surface area (Å²) in [6, 6.07) is 6.69. The number of unbranched alkanes of at least 4 members (excludes halogenated alkanes) is 3. The monoisotopic (exact) mass is 444 g/mol. The number of anilines is 1. The molecule has 0 amide bonds. The van der Waals surface area contributed by atoms with Crippen molar-refractivity contribution in [2.45, 2.75) is 50.0 Å². The number of nitrogens with one attached hydrogen (secondary N) is 1. The number of benzene rings is 1. The number of hydrogen-bond donors (Lipinski definition) is 5. The van der Waals surface area contributed by atoms with Gasteiger partial charge in [0.1, 0.15) is 18.5 Å². The topological polar surface area (TPSA) is 139 Å². The number of aliphatic hydroxyl groups excluding tert-OH is 4. The molecule has 1 aliphatic rings. The molecule has 1 aromatic carbocycles. The van der Waals surface area contributed by atoms with Gasteiger partial charge in [0.2, 0.25) is 0 Å². The molecular formula is C23H32N4O5. The molecule has 1 saturated heterocycles. The number of carbonyl (C=O) groups excluding carboxylic acids is 1. The summed E-state index contributed by atoms with van der Waals surface area (Å²) in [5.74, 6) is 0.570. The lowest BCUT2D eigenvalue weighted by Gasteiger charge is -2.43. The van der Waals surface area contributed by atoms with Crippen LogP contribution in [-0.2, 0) is 0 Å². The average molecular weight is 445 g/mol. The zero-order valence-electron chi connectivity index (χ0n) is 18.0. The van der Waals surface area contributed by atoms with E-state index in [1.54, 1.807) is 30.6 Å². The van der Waals surface area contributed by atoms with Crippen LogP contribution in [0.4, 0.5) is 5.69 Å². The Morgan fingerprint density at radius 3 is 2.50 bits per heavy atom. The third-order valence-corrected chi connectivity index (χ3v) is 5.83. The fourth-order valence-electron chi connectivity index (χ4n) is 4.06. The van der Waals surface area contributed by atoms with Crippen molar-refractivity contribution < 1.29 is 25.2 Å². The minimum absolute atomic E-state index is 0.242. The maximum absolute atomic E-state index is 11.3. The number of aldehydes is 1. The Balaban J connectivity index is 1.41. The first-order valence-corrected chi connectivity index (χ1v) is 11.0. The predicted molar refractivity (Wildman–Crippen MR) is 120 cm³/mol. The van der Waals surface area contributed by atoms with Gasteiger partial charge < -0.3 is 25.7 Å². The number of rotatable bonds is 11. The van der Waals surface area contributed by atoms with E-state index >= 15 is 0 Å². The lowest BCUT2D eigenvalue weighted by Crippen LogP contribution is -2.62. The SMILES string of the molecule is O=Cc1cc(NCCCCCCN2C[C@H](O)[C@@H](O)[C@H](O)[C@H]2CO)cc(-c2ncccn2)c1. The van der Waals surface area contributed by atoms with Crippen molar-refractivity contribution in [3.63, 3.8) is 0 Å². The first-order valence-electron chi connectivity index (χ1n) is 11.0. The third-order valence-electron chi connectivity index (χ3n) is 5.83. The second-order valence-electron chi connectivity index (χ2n) is 8.17. The number of β-amino-alcohol motifs (C(OH)–C–C–N with tert-alkyl or cyclic N) is 1. The Bertz CT molecular complexity index is 854. The normalized spacial score (nSPS) is 23.8. The number of nitrogens with zero attached hydrogens (tertiary/aromatic N) is 3. The molecule has 0 radical (unpaired) electrons. The van der Waals surface area contributed by atoms with Gasteiger partial charge in [-0.15, -0.1) is 0 Å². The highest BCUT2D eigenvalue weighted by Crippen LogP contribution is 2.22. The zero-order chi connectivity index (χ0) is 22.9. The van der Waals surface area contributed by atoms with Gasteiger partial charge >= 0.3 is 0 Å². The first-order chi connectivity index (χ1) is 15.5. The molecule has 2 heterocycles. The Morgan fingerprint density at radius 1 is 1.03 bits per heavy atom. The van der Waals surface area contributed by atoms with Crippen molar-refractivity contribution in [1.29, 1.82) is 0 Å². The maximum atomic E-state index is 11.3. The van der Waals surface area contributed by atoms with Crippen LogP contribution in [0.3, 0.4) is 0 Å². The average Bonchev–Trinajstić information content (AvgIpc) is 2.82. The summed E-state index contributed by atoms with van der Waals surface area (Å²) in [5.41, 5.74) is 2.19. The van der Waals surface area contributed by atoms with E-state index in [2.05, 4.69) is 15.3 Å². The highest BCUT2D eigenvalue weighted by atomic mass is 16.4. The van der Waals surface area contributed by atoms with Crippen LogP contribution >= 0.6 is 0 Å². The summed E-state index contributed by atoms with van der Waals surface area (Å²) < 4.78 is 0. The summed E-state index contributed by atoms with van der Waals surface area (Å²) in [6.07, 6.45) is 4.51. The molecular weight excluding hydrogens is 412 g/mol. The van der Waals surface area contributed by atoms with Crippen molar-refractivity contribution in [3.05, 3.63) is 42.2 Å². The maximum Gasteiger partial charge on any atom is 0.159 e. The highest BCUT2D eigenvalue weighted by Gasteiger charge is 2.40. The van der Waals surface area contributed by atoms with E-state index in [-0.39, 0.29) is 13.2 Å². The first kappa shape index (κ1) is 24.2. The van der Waals surface area contributed by atoms with Crippen molar-refractivity contribution >= 4 is 12.0 Å². The summed E-state index contributed by atoms with van der Waals surface area (Å²) in [7, 11) is 0. The van der Waals surface area contributed by atoms with Crippen molar-refractivity contribution in [1.82, 2.24) is 14.9 Å².